The summed E-state index contributed by atoms with van der Waals surface area (Å²) in [5.74, 6) is 4.40. The van der Waals surface area contributed by atoms with E-state index in [1.807, 2.05) is 0 Å². The normalized spacial score (nSPS) is 37.9. The zero-order valence-electron chi connectivity index (χ0n) is 12.0. The Bertz CT molecular complexity index is 204. The topological polar surface area (TPSA) is 15.3 Å². The molecule has 4 atom stereocenters. The summed E-state index contributed by atoms with van der Waals surface area (Å²) in [6.45, 7) is 13.9. The van der Waals surface area contributed by atoms with Gasteiger partial charge in [-0.15, -0.1) is 0 Å². The second kappa shape index (κ2) is 6.96. The smallest absolute Gasteiger partial charge is 0.0143 e. The van der Waals surface area contributed by atoms with Crippen LogP contribution in [0, 0.1) is 29.6 Å². The molecule has 3 heteroatoms. The van der Waals surface area contributed by atoms with Gasteiger partial charge in [0.05, 0.1) is 0 Å². The van der Waals surface area contributed by atoms with Crippen molar-refractivity contribution >= 4 is 11.8 Å². The highest BCUT2D eigenvalue weighted by Crippen LogP contribution is 2.47. The minimum atomic E-state index is 0.874. The predicted molar refractivity (Wildman–Crippen MR) is 75.6 cm³/mol. The number of hydrogen-bond donors (Lipinski definition) is 1. The number of hydrazine groups is 1. The molecule has 0 aromatic rings. The molecule has 1 aliphatic rings. The fraction of sp³-hybridized carbons (Fsp3) is 1.00. The summed E-state index contributed by atoms with van der Waals surface area (Å²) in [6, 6.07) is 0. The number of hydrogen-bond acceptors (Lipinski definition) is 2. The molecule has 1 fully saturated rings. The molecule has 0 saturated heterocycles. The van der Waals surface area contributed by atoms with Crippen molar-refractivity contribution in [3.05, 3.63) is 0 Å². The molecule has 0 aromatic carbocycles. The van der Waals surface area contributed by atoms with E-state index in [2.05, 4.69) is 44.6 Å². The first kappa shape index (κ1) is 15.3. The van der Waals surface area contributed by atoms with Gasteiger partial charge in [0.1, 0.15) is 0 Å². The molecular weight excluding hydrogens is 232 g/mol. The highest BCUT2D eigenvalue weighted by Gasteiger charge is 2.40. The number of nitrogens with one attached hydrogen (secondary N) is 1. The standard InChI is InChI=1S/C14H29ClN2/c1-6-17(16-15)9-7-8-14-12(4)10(2)11(3)13(14)5/h10-14,16H,6-9H2,1-5H3. The lowest BCUT2D eigenvalue weighted by atomic mass is 9.85. The molecular formula is C14H29ClN2. The molecule has 0 heterocycles. The van der Waals surface area contributed by atoms with Crippen LogP contribution >= 0.6 is 11.8 Å². The van der Waals surface area contributed by atoms with Crippen LogP contribution in [-0.4, -0.2) is 18.1 Å². The largest absolute Gasteiger partial charge is 0.231 e. The van der Waals surface area contributed by atoms with Crippen molar-refractivity contribution in [2.24, 2.45) is 29.6 Å². The summed E-state index contributed by atoms with van der Waals surface area (Å²) >= 11 is 5.64. The lowest BCUT2D eigenvalue weighted by molar-refractivity contribution is 0.226. The van der Waals surface area contributed by atoms with E-state index in [0.717, 1.165) is 42.7 Å². The monoisotopic (exact) mass is 260 g/mol. The lowest BCUT2D eigenvalue weighted by Gasteiger charge is -2.23. The van der Waals surface area contributed by atoms with Gasteiger partial charge in [0, 0.05) is 13.1 Å². The van der Waals surface area contributed by atoms with E-state index < -0.39 is 0 Å². The minimum absolute atomic E-state index is 0.874. The number of nitrogens with zero attached hydrogens (tertiary/aromatic N) is 1. The Morgan fingerprint density at radius 3 is 1.94 bits per heavy atom. The third-order valence-electron chi connectivity index (χ3n) is 5.31. The molecule has 102 valence electrons. The molecule has 4 unspecified atom stereocenters. The van der Waals surface area contributed by atoms with E-state index in [1.165, 1.54) is 12.8 Å². The molecule has 0 amide bonds. The maximum absolute atomic E-state index is 5.64. The van der Waals surface area contributed by atoms with Crippen molar-refractivity contribution in [1.29, 1.82) is 0 Å². The molecule has 0 aromatic heterocycles. The fourth-order valence-corrected chi connectivity index (χ4v) is 3.72. The van der Waals surface area contributed by atoms with Crippen LogP contribution in [0.15, 0.2) is 0 Å². The van der Waals surface area contributed by atoms with Crippen molar-refractivity contribution in [1.82, 2.24) is 9.95 Å². The second-order valence-electron chi connectivity index (χ2n) is 5.91. The Balaban J connectivity index is 2.36. The Labute approximate surface area is 112 Å². The Hall–Kier alpha value is 0.210. The maximum atomic E-state index is 5.64. The molecule has 1 aliphatic carbocycles. The Morgan fingerprint density at radius 2 is 1.53 bits per heavy atom. The van der Waals surface area contributed by atoms with Crippen LogP contribution in [0.3, 0.4) is 0 Å². The Kier molecular flexibility index (Phi) is 6.25. The summed E-state index contributed by atoms with van der Waals surface area (Å²) in [4.78, 5) is 2.72. The van der Waals surface area contributed by atoms with Crippen LogP contribution in [0.1, 0.15) is 47.5 Å². The quantitative estimate of drug-likeness (QED) is 0.575. The molecule has 2 nitrogen and oxygen atoms in total. The van der Waals surface area contributed by atoms with E-state index in [-0.39, 0.29) is 0 Å². The molecule has 17 heavy (non-hydrogen) atoms. The average Bonchev–Trinajstić information content (AvgIpc) is 2.51. The average molecular weight is 261 g/mol. The van der Waals surface area contributed by atoms with Crippen molar-refractivity contribution in [2.75, 3.05) is 13.1 Å². The molecule has 0 bridgehead atoms. The van der Waals surface area contributed by atoms with Gasteiger partial charge in [-0.25, -0.2) is 5.01 Å². The summed E-state index contributed by atoms with van der Waals surface area (Å²) in [5, 5.41) is 2.07. The van der Waals surface area contributed by atoms with Crippen LogP contribution in [0.4, 0.5) is 0 Å². The summed E-state index contributed by atoms with van der Waals surface area (Å²) < 4.78 is 0. The molecule has 0 spiro atoms. The van der Waals surface area contributed by atoms with E-state index in [1.54, 1.807) is 0 Å². The van der Waals surface area contributed by atoms with Crippen molar-refractivity contribution in [2.45, 2.75) is 47.5 Å². The summed E-state index contributed by atoms with van der Waals surface area (Å²) in [5.41, 5.74) is 0. The highest BCUT2D eigenvalue weighted by atomic mass is 35.5. The number of halogens is 1. The molecule has 1 rings (SSSR count). The van der Waals surface area contributed by atoms with Gasteiger partial charge < -0.3 is 0 Å². The van der Waals surface area contributed by atoms with Crippen molar-refractivity contribution in [3.63, 3.8) is 0 Å². The van der Waals surface area contributed by atoms with E-state index in [9.17, 15) is 0 Å². The highest BCUT2D eigenvalue weighted by molar-refractivity contribution is 6.13. The van der Waals surface area contributed by atoms with Crippen molar-refractivity contribution < 1.29 is 0 Å². The molecule has 0 radical (unpaired) electrons. The first-order chi connectivity index (χ1) is 8.02. The van der Waals surface area contributed by atoms with Gasteiger partial charge in [0.25, 0.3) is 0 Å². The van der Waals surface area contributed by atoms with Crippen LogP contribution in [0.5, 0.6) is 0 Å². The molecule has 1 N–H and O–H groups in total. The van der Waals surface area contributed by atoms with Crippen LogP contribution in [-0.2, 0) is 0 Å². The molecule has 0 aliphatic heterocycles. The lowest BCUT2D eigenvalue weighted by Crippen LogP contribution is -2.32. The van der Waals surface area contributed by atoms with E-state index >= 15 is 0 Å². The van der Waals surface area contributed by atoms with Gasteiger partial charge in [0.15, 0.2) is 0 Å². The third-order valence-corrected chi connectivity index (χ3v) is 5.54. The van der Waals surface area contributed by atoms with Crippen LogP contribution < -0.4 is 4.94 Å². The van der Waals surface area contributed by atoms with Crippen molar-refractivity contribution in [3.8, 4) is 0 Å². The summed E-state index contributed by atoms with van der Waals surface area (Å²) in [6.07, 6.45) is 2.58. The Morgan fingerprint density at radius 1 is 1.00 bits per heavy atom. The molecule has 1 saturated carbocycles. The minimum Gasteiger partial charge on any atom is -0.231 e. The second-order valence-corrected chi connectivity index (χ2v) is 6.08. The van der Waals surface area contributed by atoms with Gasteiger partial charge in [-0.05, 0) is 54.2 Å². The predicted octanol–water partition coefficient (Wildman–Crippen LogP) is 3.92. The van der Waals surface area contributed by atoms with Gasteiger partial charge in [-0.2, -0.15) is 4.94 Å². The van der Waals surface area contributed by atoms with E-state index in [4.69, 9.17) is 11.8 Å². The SMILES string of the molecule is CCN(CCCC1C(C)C(C)C(C)C1C)NCl. The van der Waals surface area contributed by atoms with Crippen LogP contribution in [0.2, 0.25) is 0 Å². The third kappa shape index (κ3) is 3.59. The first-order valence-electron chi connectivity index (χ1n) is 7.14. The van der Waals surface area contributed by atoms with Gasteiger partial charge in [-0.3, -0.25) is 0 Å². The van der Waals surface area contributed by atoms with Gasteiger partial charge in [-0.1, -0.05) is 34.6 Å². The van der Waals surface area contributed by atoms with Gasteiger partial charge in [0.2, 0.25) is 0 Å². The number of rotatable bonds is 6. The fourth-order valence-electron chi connectivity index (χ4n) is 3.52. The zero-order chi connectivity index (χ0) is 13.0. The van der Waals surface area contributed by atoms with Crippen LogP contribution in [0.25, 0.3) is 0 Å². The van der Waals surface area contributed by atoms with E-state index in [0.29, 0.717) is 0 Å². The summed E-state index contributed by atoms with van der Waals surface area (Å²) in [7, 11) is 0. The zero-order valence-corrected chi connectivity index (χ0v) is 12.8. The van der Waals surface area contributed by atoms with Gasteiger partial charge >= 0.3 is 0 Å². The maximum Gasteiger partial charge on any atom is 0.0143 e. The first-order valence-corrected chi connectivity index (χ1v) is 7.51.